The standard InChI is InChI=1S/C19H32N2/c1-14(2)13-21(17-8-9-17)18-10-7-15(3)11-16(18)12-20-19(4,5)6/h7,10-11,14,17,20H,8-9,12-13H2,1-6H3. The Labute approximate surface area is 130 Å². The number of anilines is 1. The van der Waals surface area contributed by atoms with Gasteiger partial charge >= 0.3 is 0 Å². The van der Waals surface area contributed by atoms with Crippen LogP contribution in [0.3, 0.4) is 0 Å². The summed E-state index contributed by atoms with van der Waals surface area (Å²) in [5.41, 5.74) is 4.39. The molecule has 0 unspecified atom stereocenters. The van der Waals surface area contributed by atoms with Crippen LogP contribution in [0.4, 0.5) is 5.69 Å². The van der Waals surface area contributed by atoms with Crippen molar-refractivity contribution in [3.63, 3.8) is 0 Å². The van der Waals surface area contributed by atoms with Crippen molar-refractivity contribution >= 4 is 5.69 Å². The van der Waals surface area contributed by atoms with Gasteiger partial charge in [-0.25, -0.2) is 0 Å². The van der Waals surface area contributed by atoms with E-state index in [0.717, 1.165) is 19.1 Å². The van der Waals surface area contributed by atoms with E-state index >= 15 is 0 Å². The second-order valence-electron chi connectivity index (χ2n) is 8.01. The Morgan fingerprint density at radius 2 is 1.90 bits per heavy atom. The lowest BCUT2D eigenvalue weighted by Gasteiger charge is -2.30. The van der Waals surface area contributed by atoms with E-state index in [1.165, 1.54) is 29.7 Å². The minimum Gasteiger partial charge on any atom is -0.368 e. The van der Waals surface area contributed by atoms with Crippen LogP contribution in [0.25, 0.3) is 0 Å². The highest BCUT2D eigenvalue weighted by atomic mass is 15.2. The Kier molecular flexibility index (Phi) is 4.98. The Hall–Kier alpha value is -1.02. The van der Waals surface area contributed by atoms with Crippen molar-refractivity contribution in [1.82, 2.24) is 5.32 Å². The fraction of sp³-hybridized carbons (Fsp3) is 0.684. The van der Waals surface area contributed by atoms with Gasteiger partial charge in [-0.3, -0.25) is 0 Å². The SMILES string of the molecule is Cc1ccc(N(CC(C)C)C2CC2)c(CNC(C)(C)C)c1. The van der Waals surface area contributed by atoms with E-state index in [9.17, 15) is 0 Å². The van der Waals surface area contributed by atoms with Crippen LogP contribution in [-0.2, 0) is 6.54 Å². The molecular weight excluding hydrogens is 256 g/mol. The largest absolute Gasteiger partial charge is 0.368 e. The summed E-state index contributed by atoms with van der Waals surface area (Å²) in [4.78, 5) is 2.64. The van der Waals surface area contributed by atoms with Crippen molar-refractivity contribution in [3.05, 3.63) is 29.3 Å². The molecule has 0 bridgehead atoms. The van der Waals surface area contributed by atoms with Crippen LogP contribution in [0, 0.1) is 12.8 Å². The minimum absolute atomic E-state index is 0.156. The van der Waals surface area contributed by atoms with Gasteiger partial charge in [0.25, 0.3) is 0 Å². The molecule has 2 heteroatoms. The van der Waals surface area contributed by atoms with Crippen LogP contribution in [0.15, 0.2) is 18.2 Å². The predicted molar refractivity (Wildman–Crippen MR) is 93.0 cm³/mol. The zero-order valence-electron chi connectivity index (χ0n) is 14.7. The highest BCUT2D eigenvalue weighted by Crippen LogP contribution is 2.34. The Balaban J connectivity index is 2.23. The number of aryl methyl sites for hydroxylation is 1. The highest BCUT2D eigenvalue weighted by Gasteiger charge is 2.30. The lowest BCUT2D eigenvalue weighted by Crippen LogP contribution is -2.36. The van der Waals surface area contributed by atoms with E-state index in [1.54, 1.807) is 0 Å². The first kappa shape index (κ1) is 16.4. The van der Waals surface area contributed by atoms with Crippen LogP contribution in [-0.4, -0.2) is 18.1 Å². The molecular formula is C19H32N2. The van der Waals surface area contributed by atoms with Gasteiger partial charge in [-0.1, -0.05) is 31.5 Å². The number of nitrogens with zero attached hydrogens (tertiary/aromatic N) is 1. The van der Waals surface area contributed by atoms with Crippen molar-refractivity contribution in [1.29, 1.82) is 0 Å². The van der Waals surface area contributed by atoms with Gasteiger partial charge < -0.3 is 10.2 Å². The fourth-order valence-electron chi connectivity index (χ4n) is 2.72. The van der Waals surface area contributed by atoms with Crippen LogP contribution >= 0.6 is 0 Å². The lowest BCUT2D eigenvalue weighted by molar-refractivity contribution is 0.424. The number of rotatable bonds is 6. The van der Waals surface area contributed by atoms with Gasteiger partial charge in [-0.15, -0.1) is 0 Å². The molecule has 118 valence electrons. The second kappa shape index (κ2) is 6.39. The third kappa shape index (κ3) is 5.03. The third-order valence-corrected chi connectivity index (χ3v) is 3.90. The molecule has 0 saturated heterocycles. The van der Waals surface area contributed by atoms with E-state index < -0.39 is 0 Å². The molecule has 0 aliphatic heterocycles. The summed E-state index contributed by atoms with van der Waals surface area (Å²) in [7, 11) is 0. The number of benzene rings is 1. The zero-order chi connectivity index (χ0) is 15.6. The quantitative estimate of drug-likeness (QED) is 0.828. The van der Waals surface area contributed by atoms with Gasteiger partial charge in [0.2, 0.25) is 0 Å². The molecule has 0 radical (unpaired) electrons. The summed E-state index contributed by atoms with van der Waals surface area (Å²) in [6.07, 6.45) is 2.71. The highest BCUT2D eigenvalue weighted by molar-refractivity contribution is 5.56. The molecule has 1 N–H and O–H groups in total. The number of hydrogen-bond acceptors (Lipinski definition) is 2. The number of hydrogen-bond donors (Lipinski definition) is 1. The van der Waals surface area contributed by atoms with Crippen molar-refractivity contribution in [2.75, 3.05) is 11.4 Å². The summed E-state index contributed by atoms with van der Waals surface area (Å²) in [5.74, 6) is 0.704. The molecule has 0 amide bonds. The van der Waals surface area contributed by atoms with Crippen molar-refractivity contribution in [2.24, 2.45) is 5.92 Å². The normalized spacial score (nSPS) is 15.6. The van der Waals surface area contributed by atoms with Gasteiger partial charge in [-0.05, 0) is 58.1 Å². The topological polar surface area (TPSA) is 15.3 Å². The summed E-state index contributed by atoms with van der Waals surface area (Å²) in [6.45, 7) is 15.6. The molecule has 2 rings (SSSR count). The first-order valence-corrected chi connectivity index (χ1v) is 8.37. The average Bonchev–Trinajstić information content (AvgIpc) is 3.17. The smallest absolute Gasteiger partial charge is 0.0414 e. The van der Waals surface area contributed by atoms with Crippen LogP contribution in [0.5, 0.6) is 0 Å². The first-order chi connectivity index (χ1) is 9.76. The predicted octanol–water partition coefficient (Wildman–Crippen LogP) is 4.51. The van der Waals surface area contributed by atoms with Gasteiger partial charge in [0, 0.05) is 30.4 Å². The van der Waals surface area contributed by atoms with E-state index in [4.69, 9.17) is 0 Å². The summed E-state index contributed by atoms with van der Waals surface area (Å²) < 4.78 is 0. The Bertz CT molecular complexity index is 467. The molecule has 1 aliphatic rings. The minimum atomic E-state index is 0.156. The molecule has 1 aliphatic carbocycles. The third-order valence-electron chi connectivity index (χ3n) is 3.90. The van der Waals surface area contributed by atoms with Crippen molar-refractivity contribution in [3.8, 4) is 0 Å². The molecule has 0 aromatic heterocycles. The van der Waals surface area contributed by atoms with Crippen LogP contribution in [0.2, 0.25) is 0 Å². The fourth-order valence-corrected chi connectivity index (χ4v) is 2.72. The molecule has 0 atom stereocenters. The van der Waals surface area contributed by atoms with Gasteiger partial charge in [0.1, 0.15) is 0 Å². The molecule has 2 nitrogen and oxygen atoms in total. The Morgan fingerprint density at radius 1 is 1.24 bits per heavy atom. The molecule has 21 heavy (non-hydrogen) atoms. The van der Waals surface area contributed by atoms with Gasteiger partial charge in [0.15, 0.2) is 0 Å². The maximum atomic E-state index is 3.65. The van der Waals surface area contributed by atoms with Crippen molar-refractivity contribution in [2.45, 2.75) is 72.5 Å². The molecule has 1 fully saturated rings. The molecule has 0 spiro atoms. The summed E-state index contributed by atoms with van der Waals surface area (Å²) in [6, 6.07) is 7.70. The molecule has 1 aromatic carbocycles. The number of nitrogens with one attached hydrogen (secondary N) is 1. The Morgan fingerprint density at radius 3 is 2.43 bits per heavy atom. The zero-order valence-corrected chi connectivity index (χ0v) is 14.7. The van der Waals surface area contributed by atoms with E-state index in [0.29, 0.717) is 5.92 Å². The maximum absolute atomic E-state index is 3.65. The maximum Gasteiger partial charge on any atom is 0.0414 e. The molecule has 1 saturated carbocycles. The second-order valence-corrected chi connectivity index (χ2v) is 8.01. The van der Waals surface area contributed by atoms with Crippen LogP contribution < -0.4 is 10.2 Å². The first-order valence-electron chi connectivity index (χ1n) is 8.37. The summed E-state index contributed by atoms with van der Waals surface area (Å²) >= 11 is 0. The average molecular weight is 288 g/mol. The van der Waals surface area contributed by atoms with Crippen LogP contribution in [0.1, 0.15) is 58.6 Å². The van der Waals surface area contributed by atoms with Crippen molar-refractivity contribution < 1.29 is 0 Å². The molecule has 1 aromatic rings. The monoisotopic (exact) mass is 288 g/mol. The van der Waals surface area contributed by atoms with Gasteiger partial charge in [0.05, 0.1) is 0 Å². The van der Waals surface area contributed by atoms with E-state index in [1.807, 2.05) is 0 Å². The lowest BCUT2D eigenvalue weighted by atomic mass is 10.0. The summed E-state index contributed by atoms with van der Waals surface area (Å²) in [5, 5.41) is 3.65. The van der Waals surface area contributed by atoms with Gasteiger partial charge in [-0.2, -0.15) is 0 Å². The van der Waals surface area contributed by atoms with E-state index in [-0.39, 0.29) is 5.54 Å². The van der Waals surface area contributed by atoms with E-state index in [2.05, 4.69) is 70.0 Å². The molecule has 0 heterocycles.